The first-order valence-electron chi connectivity index (χ1n) is 5.70. The van der Waals surface area contributed by atoms with Crippen LogP contribution in [0, 0.1) is 0 Å². The Morgan fingerprint density at radius 1 is 1.38 bits per heavy atom. The lowest BCUT2D eigenvalue weighted by Crippen LogP contribution is -2.19. The van der Waals surface area contributed by atoms with Crippen LogP contribution < -0.4 is 5.73 Å². The summed E-state index contributed by atoms with van der Waals surface area (Å²) in [5.41, 5.74) is 5.47. The normalized spacial score (nSPS) is 26.2. The van der Waals surface area contributed by atoms with Gasteiger partial charge in [-0.05, 0) is 12.8 Å². The topological polar surface area (TPSA) is 74.2 Å². The SMILES string of the molecule is CC(C)(C)c1noc([C@H]2CC[C@@H](CN)O2)n1. The molecule has 0 saturated carbocycles. The van der Waals surface area contributed by atoms with E-state index < -0.39 is 0 Å². The number of nitrogens with two attached hydrogens (primary N) is 1. The van der Waals surface area contributed by atoms with E-state index in [2.05, 4.69) is 30.9 Å². The number of rotatable bonds is 2. The Bertz CT molecular complexity index is 356. The van der Waals surface area contributed by atoms with Crippen LogP contribution in [0.15, 0.2) is 4.52 Å². The van der Waals surface area contributed by atoms with Gasteiger partial charge in [0, 0.05) is 12.0 Å². The van der Waals surface area contributed by atoms with Crippen LogP contribution in [0.1, 0.15) is 51.4 Å². The second-order valence-corrected chi connectivity index (χ2v) is 5.27. The third kappa shape index (κ3) is 2.25. The van der Waals surface area contributed by atoms with E-state index in [-0.39, 0.29) is 17.6 Å². The number of aromatic nitrogens is 2. The molecule has 0 bridgehead atoms. The minimum Gasteiger partial charge on any atom is -0.364 e. The van der Waals surface area contributed by atoms with Gasteiger partial charge in [0.2, 0.25) is 0 Å². The quantitative estimate of drug-likeness (QED) is 0.826. The van der Waals surface area contributed by atoms with Crippen molar-refractivity contribution in [3.63, 3.8) is 0 Å². The third-order valence-corrected chi connectivity index (χ3v) is 2.76. The van der Waals surface area contributed by atoms with Crippen molar-refractivity contribution in [2.45, 2.75) is 51.2 Å². The zero-order valence-corrected chi connectivity index (χ0v) is 10.1. The number of hydrogen-bond donors (Lipinski definition) is 1. The minimum absolute atomic E-state index is 0.0721. The summed E-state index contributed by atoms with van der Waals surface area (Å²) in [7, 11) is 0. The van der Waals surface area contributed by atoms with Crippen LogP contribution in [0.5, 0.6) is 0 Å². The summed E-state index contributed by atoms with van der Waals surface area (Å²) >= 11 is 0. The van der Waals surface area contributed by atoms with Crippen molar-refractivity contribution in [3.8, 4) is 0 Å². The summed E-state index contributed by atoms with van der Waals surface area (Å²) in [6, 6.07) is 0. The Balaban J connectivity index is 2.08. The largest absolute Gasteiger partial charge is 0.364 e. The van der Waals surface area contributed by atoms with Crippen LogP contribution >= 0.6 is 0 Å². The zero-order valence-electron chi connectivity index (χ0n) is 10.1. The van der Waals surface area contributed by atoms with Crippen molar-refractivity contribution in [2.24, 2.45) is 5.73 Å². The van der Waals surface area contributed by atoms with Gasteiger partial charge in [-0.1, -0.05) is 25.9 Å². The van der Waals surface area contributed by atoms with E-state index in [0.29, 0.717) is 12.4 Å². The molecule has 1 saturated heterocycles. The van der Waals surface area contributed by atoms with Gasteiger partial charge in [0.05, 0.1) is 6.10 Å². The number of nitrogens with zero attached hydrogens (tertiary/aromatic N) is 2. The predicted molar refractivity (Wildman–Crippen MR) is 58.9 cm³/mol. The fourth-order valence-corrected chi connectivity index (χ4v) is 1.73. The summed E-state index contributed by atoms with van der Waals surface area (Å²) < 4.78 is 10.9. The molecule has 0 amide bonds. The van der Waals surface area contributed by atoms with Crippen molar-refractivity contribution < 1.29 is 9.26 Å². The van der Waals surface area contributed by atoms with Gasteiger partial charge in [-0.3, -0.25) is 0 Å². The van der Waals surface area contributed by atoms with Gasteiger partial charge in [-0.25, -0.2) is 0 Å². The molecule has 5 heteroatoms. The maximum atomic E-state index is 5.70. The molecular weight excluding hydrogens is 206 g/mol. The molecule has 1 aliphatic rings. The summed E-state index contributed by atoms with van der Waals surface area (Å²) in [5.74, 6) is 1.31. The molecule has 1 aromatic rings. The Morgan fingerprint density at radius 3 is 2.62 bits per heavy atom. The van der Waals surface area contributed by atoms with E-state index in [1.165, 1.54) is 0 Å². The highest BCUT2D eigenvalue weighted by Crippen LogP contribution is 2.32. The lowest BCUT2D eigenvalue weighted by molar-refractivity contribution is 0.0307. The molecule has 0 aromatic carbocycles. The summed E-state index contributed by atoms with van der Waals surface area (Å²) in [6.07, 6.45) is 1.94. The van der Waals surface area contributed by atoms with Crippen molar-refractivity contribution >= 4 is 0 Å². The molecule has 2 N–H and O–H groups in total. The Morgan fingerprint density at radius 2 is 2.12 bits per heavy atom. The molecule has 5 nitrogen and oxygen atoms in total. The summed E-state index contributed by atoms with van der Waals surface area (Å²) in [5, 5.41) is 3.99. The lowest BCUT2D eigenvalue weighted by atomic mass is 9.96. The molecule has 2 atom stereocenters. The van der Waals surface area contributed by atoms with Gasteiger partial charge >= 0.3 is 0 Å². The number of hydrogen-bond acceptors (Lipinski definition) is 5. The van der Waals surface area contributed by atoms with Gasteiger partial charge in [0.25, 0.3) is 5.89 Å². The molecule has 1 aliphatic heterocycles. The van der Waals surface area contributed by atoms with E-state index in [1.54, 1.807) is 0 Å². The summed E-state index contributed by atoms with van der Waals surface area (Å²) in [4.78, 5) is 4.39. The molecular formula is C11H19N3O2. The second-order valence-electron chi connectivity index (χ2n) is 5.27. The predicted octanol–water partition coefficient (Wildman–Crippen LogP) is 1.55. The van der Waals surface area contributed by atoms with Gasteiger partial charge < -0.3 is 15.0 Å². The Kier molecular flexibility index (Phi) is 2.99. The average molecular weight is 225 g/mol. The van der Waals surface area contributed by atoms with Gasteiger partial charge in [-0.2, -0.15) is 4.98 Å². The molecule has 0 spiro atoms. The molecule has 90 valence electrons. The molecule has 0 aliphatic carbocycles. The Hall–Kier alpha value is -0.940. The minimum atomic E-state index is -0.0897. The standard InChI is InChI=1S/C11H19N3O2/c1-11(2,3)10-13-9(16-14-10)8-5-4-7(6-12)15-8/h7-8H,4-6,12H2,1-3H3/t7-,8+/m0/s1. The Labute approximate surface area is 95.3 Å². The first kappa shape index (κ1) is 11.5. The first-order valence-corrected chi connectivity index (χ1v) is 5.70. The van der Waals surface area contributed by atoms with Crippen LogP contribution in [0.3, 0.4) is 0 Å². The lowest BCUT2D eigenvalue weighted by Gasteiger charge is -2.11. The maximum absolute atomic E-state index is 5.70. The average Bonchev–Trinajstić information content (AvgIpc) is 2.85. The molecule has 2 heterocycles. The van der Waals surface area contributed by atoms with Gasteiger partial charge in [-0.15, -0.1) is 0 Å². The van der Waals surface area contributed by atoms with E-state index in [1.807, 2.05) is 0 Å². The van der Waals surface area contributed by atoms with Crippen molar-refractivity contribution in [3.05, 3.63) is 11.7 Å². The van der Waals surface area contributed by atoms with Crippen LogP contribution in [0.2, 0.25) is 0 Å². The molecule has 1 aromatic heterocycles. The van der Waals surface area contributed by atoms with E-state index in [9.17, 15) is 0 Å². The smallest absolute Gasteiger partial charge is 0.255 e. The second kappa shape index (κ2) is 4.14. The van der Waals surface area contributed by atoms with Crippen LogP contribution in [0.25, 0.3) is 0 Å². The zero-order chi connectivity index (χ0) is 11.8. The maximum Gasteiger partial charge on any atom is 0.255 e. The van der Waals surface area contributed by atoms with Crippen molar-refractivity contribution in [1.82, 2.24) is 10.1 Å². The monoisotopic (exact) mass is 225 g/mol. The van der Waals surface area contributed by atoms with Crippen LogP contribution in [-0.4, -0.2) is 22.8 Å². The first-order chi connectivity index (χ1) is 7.50. The molecule has 16 heavy (non-hydrogen) atoms. The van der Waals surface area contributed by atoms with Crippen LogP contribution in [-0.2, 0) is 10.2 Å². The van der Waals surface area contributed by atoms with Crippen LogP contribution in [0.4, 0.5) is 0 Å². The third-order valence-electron chi connectivity index (χ3n) is 2.76. The molecule has 1 fully saturated rings. The highest BCUT2D eigenvalue weighted by Gasteiger charge is 2.31. The van der Waals surface area contributed by atoms with Crippen molar-refractivity contribution in [2.75, 3.05) is 6.54 Å². The highest BCUT2D eigenvalue weighted by atomic mass is 16.5. The highest BCUT2D eigenvalue weighted by molar-refractivity contribution is 5.02. The van der Waals surface area contributed by atoms with Crippen molar-refractivity contribution in [1.29, 1.82) is 0 Å². The van der Waals surface area contributed by atoms with Gasteiger partial charge in [0.1, 0.15) is 6.10 Å². The molecule has 2 rings (SSSR count). The van der Waals surface area contributed by atoms with E-state index in [4.69, 9.17) is 15.0 Å². The molecule has 0 unspecified atom stereocenters. The number of ether oxygens (including phenoxy) is 1. The fourth-order valence-electron chi connectivity index (χ4n) is 1.73. The van der Waals surface area contributed by atoms with E-state index >= 15 is 0 Å². The van der Waals surface area contributed by atoms with Gasteiger partial charge in [0.15, 0.2) is 5.82 Å². The fraction of sp³-hybridized carbons (Fsp3) is 0.818. The summed E-state index contributed by atoms with van der Waals surface area (Å²) in [6.45, 7) is 6.72. The van der Waals surface area contributed by atoms with E-state index in [0.717, 1.165) is 18.7 Å². The molecule has 0 radical (unpaired) electrons.